The van der Waals surface area contributed by atoms with E-state index < -0.39 is 10.0 Å². The summed E-state index contributed by atoms with van der Waals surface area (Å²) in [5.41, 5.74) is 1.58. The fourth-order valence-electron chi connectivity index (χ4n) is 2.45. The summed E-state index contributed by atoms with van der Waals surface area (Å²) in [6.07, 6.45) is 2.09. The molecule has 0 bridgehead atoms. The van der Waals surface area contributed by atoms with Gasteiger partial charge in [-0.2, -0.15) is 0 Å². The zero-order valence-corrected chi connectivity index (χ0v) is 13.4. The molecule has 7 heteroatoms. The van der Waals surface area contributed by atoms with Gasteiger partial charge in [-0.3, -0.25) is 4.79 Å². The molecule has 0 spiro atoms. The highest BCUT2D eigenvalue weighted by atomic mass is 32.2. The molecule has 0 aliphatic heterocycles. The van der Waals surface area contributed by atoms with Crippen LogP contribution < -0.4 is 10.5 Å². The molecule has 1 amide bonds. The number of thiophene rings is 1. The minimum absolute atomic E-state index is 0.00171. The standard InChI is InChI=1S/C15H16N2O3S2/c16-22(19,20)13-8-11(9-21-13)14(18)17-10-15(6-7-15)12-4-2-1-3-5-12/h1-5,8-9H,6-7,10H2,(H,17,18)(H2,16,19,20). The van der Waals surface area contributed by atoms with E-state index in [1.807, 2.05) is 18.2 Å². The van der Waals surface area contributed by atoms with Gasteiger partial charge in [0.2, 0.25) is 10.0 Å². The maximum atomic E-state index is 12.2. The monoisotopic (exact) mass is 336 g/mol. The Bertz CT molecular complexity index is 793. The fourth-order valence-corrected chi connectivity index (χ4v) is 4.03. The van der Waals surface area contributed by atoms with Crippen LogP contribution in [0.2, 0.25) is 0 Å². The molecule has 5 nitrogen and oxygen atoms in total. The molecule has 3 rings (SSSR count). The predicted molar refractivity (Wildman–Crippen MR) is 85.4 cm³/mol. The minimum atomic E-state index is -3.75. The third-order valence-corrected chi connectivity index (χ3v) is 6.33. The molecular weight excluding hydrogens is 320 g/mol. The molecule has 1 saturated carbocycles. The number of nitrogens with one attached hydrogen (secondary N) is 1. The zero-order chi connectivity index (χ0) is 15.8. The van der Waals surface area contributed by atoms with Crippen molar-refractivity contribution in [1.29, 1.82) is 0 Å². The maximum Gasteiger partial charge on any atom is 0.252 e. The molecule has 0 unspecified atom stereocenters. The van der Waals surface area contributed by atoms with Crippen molar-refractivity contribution in [3.8, 4) is 0 Å². The van der Waals surface area contributed by atoms with Crippen LogP contribution in [0.5, 0.6) is 0 Å². The Kier molecular flexibility index (Phi) is 3.80. The van der Waals surface area contributed by atoms with Crippen LogP contribution in [0, 0.1) is 0 Å². The van der Waals surface area contributed by atoms with Crippen molar-refractivity contribution < 1.29 is 13.2 Å². The molecule has 0 saturated heterocycles. The van der Waals surface area contributed by atoms with Crippen LogP contribution in [-0.2, 0) is 15.4 Å². The zero-order valence-electron chi connectivity index (χ0n) is 11.8. The van der Waals surface area contributed by atoms with E-state index in [1.165, 1.54) is 17.0 Å². The second-order valence-electron chi connectivity index (χ2n) is 5.53. The van der Waals surface area contributed by atoms with Gasteiger partial charge in [0.1, 0.15) is 4.21 Å². The Morgan fingerprint density at radius 2 is 1.95 bits per heavy atom. The minimum Gasteiger partial charge on any atom is -0.351 e. The highest BCUT2D eigenvalue weighted by molar-refractivity contribution is 7.91. The first-order valence-corrected chi connectivity index (χ1v) is 9.28. The van der Waals surface area contributed by atoms with Gasteiger partial charge >= 0.3 is 0 Å². The summed E-state index contributed by atoms with van der Waals surface area (Å²) in [7, 11) is -3.75. The summed E-state index contributed by atoms with van der Waals surface area (Å²) in [5, 5.41) is 9.46. The van der Waals surface area contributed by atoms with Crippen molar-refractivity contribution in [2.75, 3.05) is 6.54 Å². The van der Waals surface area contributed by atoms with E-state index in [4.69, 9.17) is 5.14 Å². The van der Waals surface area contributed by atoms with Crippen molar-refractivity contribution in [3.05, 3.63) is 52.9 Å². The summed E-state index contributed by atoms with van der Waals surface area (Å²) in [5.74, 6) is -0.270. The van der Waals surface area contributed by atoms with E-state index in [0.29, 0.717) is 12.1 Å². The Morgan fingerprint density at radius 3 is 2.50 bits per heavy atom. The van der Waals surface area contributed by atoms with Gasteiger partial charge in [0.05, 0.1) is 5.56 Å². The molecule has 1 fully saturated rings. The summed E-state index contributed by atoms with van der Waals surface area (Å²) in [6, 6.07) is 11.4. The van der Waals surface area contributed by atoms with E-state index in [0.717, 1.165) is 24.2 Å². The number of benzene rings is 1. The van der Waals surface area contributed by atoms with Gasteiger partial charge in [-0.15, -0.1) is 11.3 Å². The lowest BCUT2D eigenvalue weighted by Gasteiger charge is -2.16. The van der Waals surface area contributed by atoms with Crippen LogP contribution in [-0.4, -0.2) is 20.9 Å². The van der Waals surface area contributed by atoms with E-state index in [9.17, 15) is 13.2 Å². The average molecular weight is 336 g/mol. The number of nitrogens with two attached hydrogens (primary N) is 1. The number of primary sulfonamides is 1. The first-order valence-electron chi connectivity index (χ1n) is 6.86. The second kappa shape index (κ2) is 5.49. The van der Waals surface area contributed by atoms with Gasteiger partial charge in [0.25, 0.3) is 5.91 Å². The number of carbonyl (C=O) groups is 1. The van der Waals surface area contributed by atoms with Gasteiger partial charge in [-0.1, -0.05) is 30.3 Å². The predicted octanol–water partition coefficient (Wildman–Crippen LogP) is 1.86. The third kappa shape index (κ3) is 3.06. The summed E-state index contributed by atoms with van der Waals surface area (Å²) < 4.78 is 22.5. The first-order chi connectivity index (χ1) is 10.4. The Labute approximate surface area is 133 Å². The first kappa shape index (κ1) is 15.2. The van der Waals surface area contributed by atoms with Gasteiger partial charge in [-0.25, -0.2) is 13.6 Å². The molecule has 0 atom stereocenters. The molecule has 22 heavy (non-hydrogen) atoms. The molecular formula is C15H16N2O3S2. The molecule has 3 N–H and O–H groups in total. The highest BCUT2D eigenvalue weighted by Crippen LogP contribution is 2.47. The number of rotatable bonds is 5. The average Bonchev–Trinajstić information content (AvgIpc) is 3.11. The van der Waals surface area contributed by atoms with E-state index in [-0.39, 0.29) is 15.5 Å². The number of hydrogen-bond donors (Lipinski definition) is 2. The maximum absolute atomic E-state index is 12.2. The molecule has 2 aromatic rings. The Morgan fingerprint density at radius 1 is 1.27 bits per heavy atom. The molecule has 1 aliphatic carbocycles. The van der Waals surface area contributed by atoms with E-state index in [2.05, 4.69) is 17.4 Å². The van der Waals surface area contributed by atoms with E-state index >= 15 is 0 Å². The van der Waals surface area contributed by atoms with E-state index in [1.54, 1.807) is 0 Å². The summed E-state index contributed by atoms with van der Waals surface area (Å²) >= 11 is 0.956. The van der Waals surface area contributed by atoms with Crippen molar-refractivity contribution >= 4 is 27.3 Å². The number of amides is 1. The smallest absolute Gasteiger partial charge is 0.252 e. The fraction of sp³-hybridized carbons (Fsp3) is 0.267. The number of carbonyl (C=O) groups excluding carboxylic acids is 1. The Hall–Kier alpha value is -1.70. The molecule has 1 aromatic heterocycles. The highest BCUT2D eigenvalue weighted by Gasteiger charge is 2.44. The molecule has 1 aromatic carbocycles. The number of sulfonamides is 1. The SMILES string of the molecule is NS(=O)(=O)c1cc(C(=O)NCC2(c3ccccc3)CC2)cs1. The van der Waals surface area contributed by atoms with Crippen molar-refractivity contribution in [3.63, 3.8) is 0 Å². The largest absolute Gasteiger partial charge is 0.351 e. The van der Waals surface area contributed by atoms with Gasteiger partial charge in [0, 0.05) is 17.3 Å². The molecule has 1 aliphatic rings. The lowest BCUT2D eigenvalue weighted by molar-refractivity contribution is 0.0950. The molecule has 1 heterocycles. The Balaban J connectivity index is 1.67. The van der Waals surface area contributed by atoms with Crippen LogP contribution in [0.3, 0.4) is 0 Å². The van der Waals surface area contributed by atoms with Crippen molar-refractivity contribution in [1.82, 2.24) is 5.32 Å². The van der Waals surface area contributed by atoms with Gasteiger partial charge in [0.15, 0.2) is 0 Å². The summed E-state index contributed by atoms with van der Waals surface area (Å²) in [4.78, 5) is 12.2. The van der Waals surface area contributed by atoms with Crippen LogP contribution in [0.25, 0.3) is 0 Å². The van der Waals surface area contributed by atoms with Gasteiger partial charge in [-0.05, 0) is 24.5 Å². The van der Waals surface area contributed by atoms with Crippen molar-refractivity contribution in [2.45, 2.75) is 22.5 Å². The van der Waals surface area contributed by atoms with Crippen LogP contribution in [0.4, 0.5) is 0 Å². The third-order valence-electron chi connectivity index (χ3n) is 3.95. The molecule has 0 radical (unpaired) electrons. The summed E-state index contributed by atoms with van der Waals surface area (Å²) in [6.45, 7) is 0.552. The van der Waals surface area contributed by atoms with Crippen molar-refractivity contribution in [2.24, 2.45) is 5.14 Å². The quantitative estimate of drug-likeness (QED) is 0.873. The second-order valence-corrected chi connectivity index (χ2v) is 8.23. The van der Waals surface area contributed by atoms with Gasteiger partial charge < -0.3 is 5.32 Å². The normalized spacial score (nSPS) is 16.2. The van der Waals surface area contributed by atoms with Crippen LogP contribution in [0.1, 0.15) is 28.8 Å². The van der Waals surface area contributed by atoms with Crippen LogP contribution >= 0.6 is 11.3 Å². The topological polar surface area (TPSA) is 89.3 Å². The van der Waals surface area contributed by atoms with Crippen LogP contribution in [0.15, 0.2) is 46.0 Å². The number of hydrogen-bond acceptors (Lipinski definition) is 4. The lowest BCUT2D eigenvalue weighted by atomic mass is 9.96. The lowest BCUT2D eigenvalue weighted by Crippen LogP contribution is -2.32. The molecule has 116 valence electrons.